The lowest BCUT2D eigenvalue weighted by molar-refractivity contribution is -0.181. The van der Waals surface area contributed by atoms with E-state index >= 15 is 0 Å². The van der Waals surface area contributed by atoms with Crippen LogP contribution in [0.5, 0.6) is 5.75 Å². The minimum absolute atomic E-state index is 0.0635. The zero-order valence-corrected chi connectivity index (χ0v) is 27.3. The van der Waals surface area contributed by atoms with E-state index in [0.29, 0.717) is 5.56 Å². The molecule has 0 bridgehead atoms. The van der Waals surface area contributed by atoms with Gasteiger partial charge in [0.15, 0.2) is 34.7 Å². The fourth-order valence-electron chi connectivity index (χ4n) is 8.48. The summed E-state index contributed by atoms with van der Waals surface area (Å²) in [5, 5.41) is 33.4. The van der Waals surface area contributed by atoms with E-state index in [2.05, 4.69) is 0 Å². The lowest BCUT2D eigenvalue weighted by atomic mass is 9.52. The predicted molar refractivity (Wildman–Crippen MR) is 174 cm³/mol. The van der Waals surface area contributed by atoms with E-state index in [0.717, 1.165) is 4.90 Å². The van der Waals surface area contributed by atoms with Crippen LogP contribution < -0.4 is 5.73 Å². The van der Waals surface area contributed by atoms with Gasteiger partial charge in [-0.3, -0.25) is 43.4 Å². The number of aromatic carboxylic acids is 1. The smallest absolute Gasteiger partial charge is 0.335 e. The van der Waals surface area contributed by atoms with Crippen molar-refractivity contribution in [2.24, 2.45) is 29.4 Å². The van der Waals surface area contributed by atoms with Crippen molar-refractivity contribution in [3.8, 4) is 16.9 Å². The van der Waals surface area contributed by atoms with Crippen LogP contribution in [0.3, 0.4) is 0 Å². The van der Waals surface area contributed by atoms with Crippen molar-refractivity contribution < 1.29 is 53.7 Å². The van der Waals surface area contributed by atoms with Gasteiger partial charge in [0.2, 0.25) is 5.91 Å². The lowest BCUT2D eigenvalue weighted by Gasteiger charge is -2.52. The third-order valence-electron chi connectivity index (χ3n) is 10.8. The fraction of sp³-hybridized carbons (Fsp3) is 0.297. The molecule has 4 aliphatic rings. The molecule has 3 aromatic rings. The van der Waals surface area contributed by atoms with Gasteiger partial charge < -0.3 is 21.1 Å². The first kappa shape index (κ1) is 33.6. The number of amides is 3. The number of aliphatic hydroxyl groups is 1. The van der Waals surface area contributed by atoms with E-state index in [-0.39, 0.29) is 51.8 Å². The Morgan fingerprint density at radius 3 is 2.16 bits per heavy atom. The summed E-state index contributed by atoms with van der Waals surface area (Å²) in [6.45, 7) is -0.496. The molecule has 2 unspecified atom stereocenters. The first-order valence-corrected chi connectivity index (χ1v) is 16.1. The summed E-state index contributed by atoms with van der Waals surface area (Å²) in [6, 6.07) is 12.1. The van der Waals surface area contributed by atoms with Gasteiger partial charge in [-0.15, -0.1) is 0 Å². The molecular weight excluding hydrogens is 662 g/mol. The largest absolute Gasteiger partial charge is 0.507 e. The molecule has 0 saturated heterocycles. The monoisotopic (exact) mass is 693 g/mol. The number of benzene rings is 3. The molecule has 0 aromatic heterocycles. The molecule has 7 rings (SSSR count). The molecule has 14 heteroatoms. The molecule has 2 fully saturated rings. The predicted octanol–water partition coefficient (Wildman–Crippen LogP) is 1.03. The number of carbonyl (C=O) groups is 8. The van der Waals surface area contributed by atoms with Gasteiger partial charge >= 0.3 is 5.97 Å². The molecule has 0 spiro atoms. The average Bonchev–Trinajstić information content (AvgIpc) is 3.32. The molecule has 2 saturated carbocycles. The summed E-state index contributed by atoms with van der Waals surface area (Å²) < 4.78 is 0. The number of rotatable bonds is 6. The number of primary amides is 1. The number of hydrogen-bond acceptors (Lipinski definition) is 11. The summed E-state index contributed by atoms with van der Waals surface area (Å²) in [5.41, 5.74) is 3.08. The number of fused-ring (bicyclic) bond motifs is 4. The number of carboxylic acid groups (broad SMARTS) is 1. The molecule has 3 amide bonds. The van der Waals surface area contributed by atoms with Crippen molar-refractivity contribution in [2.45, 2.75) is 31.0 Å². The van der Waals surface area contributed by atoms with Crippen LogP contribution in [0.15, 0.2) is 54.6 Å². The van der Waals surface area contributed by atoms with Crippen LogP contribution in [0.2, 0.25) is 0 Å². The quantitative estimate of drug-likeness (QED) is 0.210. The average molecular weight is 694 g/mol. The van der Waals surface area contributed by atoms with Crippen molar-refractivity contribution in [1.82, 2.24) is 9.80 Å². The maximum atomic E-state index is 14.5. The zero-order chi connectivity index (χ0) is 36.8. The molecule has 14 nitrogen and oxygen atoms in total. The Bertz CT molecular complexity index is 2140. The normalized spacial score (nSPS) is 26.9. The van der Waals surface area contributed by atoms with E-state index in [9.17, 15) is 53.7 Å². The molecule has 3 aliphatic carbocycles. The van der Waals surface area contributed by atoms with E-state index < -0.39 is 94.4 Å². The van der Waals surface area contributed by atoms with E-state index in [4.69, 9.17) is 5.73 Å². The second-order valence-corrected chi connectivity index (χ2v) is 13.7. The van der Waals surface area contributed by atoms with E-state index in [1.807, 2.05) is 0 Å². The Hall–Kier alpha value is -5.86. The molecule has 3 aromatic carbocycles. The van der Waals surface area contributed by atoms with Gasteiger partial charge in [0.1, 0.15) is 5.75 Å². The number of carbonyl (C=O) groups excluding carboxylic acids is 7. The second kappa shape index (κ2) is 11.6. The highest BCUT2D eigenvalue weighted by atomic mass is 16.4. The molecular formula is C37H31N3O11. The molecule has 260 valence electrons. The zero-order valence-electron chi connectivity index (χ0n) is 27.3. The van der Waals surface area contributed by atoms with Crippen LogP contribution in [0.4, 0.5) is 0 Å². The summed E-state index contributed by atoms with van der Waals surface area (Å²) in [5.74, 6) is -15.0. The van der Waals surface area contributed by atoms with Crippen LogP contribution in [-0.4, -0.2) is 97.7 Å². The van der Waals surface area contributed by atoms with Crippen molar-refractivity contribution in [3.05, 3.63) is 88.0 Å². The Balaban J connectivity index is 1.39. The minimum Gasteiger partial charge on any atom is -0.507 e. The molecule has 51 heavy (non-hydrogen) atoms. The number of nitrogens with two attached hydrogens (primary N) is 1. The van der Waals surface area contributed by atoms with Crippen LogP contribution in [0.1, 0.15) is 59.0 Å². The highest BCUT2D eigenvalue weighted by Gasteiger charge is 2.69. The van der Waals surface area contributed by atoms with Gasteiger partial charge in [0, 0.05) is 11.5 Å². The summed E-state index contributed by atoms with van der Waals surface area (Å²) in [7, 11) is 2.96. The summed E-state index contributed by atoms with van der Waals surface area (Å²) in [4.78, 5) is 109. The van der Waals surface area contributed by atoms with Crippen LogP contribution >= 0.6 is 0 Å². The van der Waals surface area contributed by atoms with Gasteiger partial charge in [0.05, 0.1) is 40.8 Å². The third-order valence-corrected chi connectivity index (χ3v) is 10.8. The van der Waals surface area contributed by atoms with Gasteiger partial charge in [-0.1, -0.05) is 24.3 Å². The van der Waals surface area contributed by atoms with Crippen molar-refractivity contribution in [1.29, 1.82) is 0 Å². The number of ketones is 4. The number of nitrogens with zero attached hydrogens (tertiary/aromatic N) is 2. The molecule has 0 radical (unpaired) electrons. The van der Waals surface area contributed by atoms with E-state index in [1.165, 1.54) is 55.4 Å². The molecule has 5 N–H and O–H groups in total. The van der Waals surface area contributed by atoms with Gasteiger partial charge in [0.25, 0.3) is 11.8 Å². The minimum atomic E-state index is -2.93. The number of hydrogen-bond donors (Lipinski definition) is 4. The Morgan fingerprint density at radius 2 is 1.57 bits per heavy atom. The second-order valence-electron chi connectivity index (χ2n) is 13.7. The molecule has 6 atom stereocenters. The number of imide groups is 1. The van der Waals surface area contributed by atoms with Gasteiger partial charge in [-0.2, -0.15) is 0 Å². The van der Waals surface area contributed by atoms with Gasteiger partial charge in [-0.05, 0) is 79.9 Å². The Labute approximate surface area is 289 Å². The third kappa shape index (κ3) is 4.70. The lowest BCUT2D eigenvalue weighted by Crippen LogP contribution is -2.74. The van der Waals surface area contributed by atoms with Gasteiger partial charge in [-0.25, -0.2) is 4.79 Å². The number of carboxylic acids is 1. The Morgan fingerprint density at radius 1 is 0.922 bits per heavy atom. The number of phenols is 1. The molecule has 1 heterocycles. The topological polar surface area (TPSA) is 230 Å². The number of likely N-dealkylation sites (N-methyl/N-ethyl adjacent to an activating group) is 1. The molecule has 1 aliphatic heterocycles. The van der Waals surface area contributed by atoms with Crippen LogP contribution in [-0.2, 0) is 32.1 Å². The maximum Gasteiger partial charge on any atom is 0.335 e. The van der Waals surface area contributed by atoms with Crippen molar-refractivity contribution >= 4 is 46.8 Å². The fourth-order valence-corrected chi connectivity index (χ4v) is 8.48. The summed E-state index contributed by atoms with van der Waals surface area (Å²) in [6.07, 6.45) is -0.268. The Kier molecular flexibility index (Phi) is 7.65. The van der Waals surface area contributed by atoms with Crippen LogP contribution in [0, 0.1) is 23.7 Å². The number of Topliss-reactive ketones (excluding diaryl/α,β-unsaturated/α-hetero) is 4. The first-order valence-electron chi connectivity index (χ1n) is 16.1. The standard InChI is InChI=1S/C37H31N3O11/c1-39(2)27-23-13-17-11-22-21(15-6-5-7-16(10-15)36(49)50)12-18(14-40-34(47)19-8-3-4-9-20(19)35(40)48)28(41)25(22)29(42)24(17)31(44)37(23,51)32(45)26(30(27)43)33(38)46/h3-10,12,17,23-24,26-27,41,51H,11,13-14H2,1-2H3,(H2,38,46)(H,49,50)/t17-,23-,24?,26?,27-,37-/m1/s1. The highest BCUT2D eigenvalue weighted by Crippen LogP contribution is 2.52. The van der Waals surface area contributed by atoms with Crippen molar-refractivity contribution in [3.63, 3.8) is 0 Å². The summed E-state index contributed by atoms with van der Waals surface area (Å²) >= 11 is 0. The SMILES string of the molecule is CN(C)[C@H]1C(=O)C(C(N)=O)C(=O)[C@]2(O)C(=O)C3C(=O)c4c(O)c(CN5C(=O)c6ccccc6C5=O)cc(-c5cccc(C(=O)O)c5)c4C[C@@H]3C[C@H]12. The van der Waals surface area contributed by atoms with E-state index in [1.54, 1.807) is 18.2 Å². The number of aromatic hydroxyl groups is 1. The van der Waals surface area contributed by atoms with Crippen molar-refractivity contribution in [2.75, 3.05) is 14.1 Å². The number of phenolic OH excluding ortho intramolecular Hbond substituents is 1. The maximum absolute atomic E-state index is 14.5. The van der Waals surface area contributed by atoms with Crippen LogP contribution in [0.25, 0.3) is 11.1 Å². The highest BCUT2D eigenvalue weighted by molar-refractivity contribution is 6.32. The first-order chi connectivity index (χ1) is 24.1.